The van der Waals surface area contributed by atoms with Crippen molar-refractivity contribution in [2.24, 2.45) is 16.0 Å². The summed E-state index contributed by atoms with van der Waals surface area (Å²) in [6.07, 6.45) is 0. The van der Waals surface area contributed by atoms with Crippen molar-refractivity contribution in [2.75, 3.05) is 0 Å². The lowest BCUT2D eigenvalue weighted by atomic mass is 10.1. The molecule has 3 rings (SSSR count). The Morgan fingerprint density at radius 2 is 2.00 bits per heavy atom. The molecular weight excluding hydrogens is 262 g/mol. The van der Waals surface area contributed by atoms with Crippen molar-refractivity contribution in [2.45, 2.75) is 0 Å². The van der Waals surface area contributed by atoms with Crippen LogP contribution in [-0.4, -0.2) is 10.2 Å². The first-order valence-corrected chi connectivity index (χ1v) is 5.92. The Morgan fingerprint density at radius 1 is 1.21 bits per heavy atom. The van der Waals surface area contributed by atoms with Gasteiger partial charge in [0.1, 0.15) is 5.58 Å². The topological polar surface area (TPSA) is 84.1 Å². The second-order valence-electron chi connectivity index (χ2n) is 3.95. The Hall–Kier alpha value is -2.47. The Balaban J connectivity index is 2.40. The molecule has 0 bridgehead atoms. The van der Waals surface area contributed by atoms with E-state index in [1.54, 1.807) is 6.07 Å². The molecule has 0 aliphatic carbocycles. The monoisotopic (exact) mass is 271 g/mol. The fourth-order valence-corrected chi connectivity index (χ4v) is 2.07. The van der Waals surface area contributed by atoms with E-state index in [0.29, 0.717) is 11.0 Å². The summed E-state index contributed by atoms with van der Waals surface area (Å²) in [7, 11) is 0. The summed E-state index contributed by atoms with van der Waals surface area (Å²) in [5, 5.41) is 19.8. The molecular formula is C13H9N3O2S. The Morgan fingerprint density at radius 3 is 2.79 bits per heavy atom. The molecule has 6 heteroatoms. The molecule has 1 aromatic heterocycles. The number of furan rings is 1. The van der Waals surface area contributed by atoms with Gasteiger partial charge in [0.25, 0.3) is 0 Å². The molecule has 0 aliphatic heterocycles. The number of rotatable bonds is 1. The fraction of sp³-hybridized carbons (Fsp3) is 0. The van der Waals surface area contributed by atoms with Crippen LogP contribution in [-0.2, 0) is 0 Å². The van der Waals surface area contributed by atoms with E-state index in [2.05, 4.69) is 22.4 Å². The molecule has 5 nitrogen and oxygen atoms in total. The number of fused-ring (bicyclic) bond motifs is 3. The van der Waals surface area contributed by atoms with Crippen LogP contribution in [0.5, 0.6) is 5.95 Å². The van der Waals surface area contributed by atoms with E-state index < -0.39 is 0 Å². The summed E-state index contributed by atoms with van der Waals surface area (Å²) in [6.45, 7) is 0. The minimum atomic E-state index is -0.300. The van der Waals surface area contributed by atoms with Crippen molar-refractivity contribution in [1.82, 2.24) is 0 Å². The van der Waals surface area contributed by atoms with Crippen LogP contribution in [0.4, 0.5) is 5.69 Å². The number of nitrogens with zero attached hydrogens (tertiary/aromatic N) is 2. The summed E-state index contributed by atoms with van der Waals surface area (Å²) in [6, 6.07) is 11.4. The smallest absolute Gasteiger partial charge is 0.312 e. The largest absolute Gasteiger partial charge is 0.479 e. The lowest BCUT2D eigenvalue weighted by molar-refractivity contribution is 0.348. The zero-order valence-electron chi connectivity index (χ0n) is 9.70. The number of azo groups is 1. The normalized spacial score (nSPS) is 11.6. The van der Waals surface area contributed by atoms with Crippen molar-refractivity contribution in [3.05, 3.63) is 36.4 Å². The van der Waals surface area contributed by atoms with Gasteiger partial charge < -0.3 is 15.3 Å². The predicted molar refractivity (Wildman–Crippen MR) is 76.7 cm³/mol. The Kier molecular flexibility index (Phi) is 2.64. The van der Waals surface area contributed by atoms with Gasteiger partial charge in [-0.15, -0.1) is 10.2 Å². The number of hydrogen-bond donors (Lipinski definition) is 2. The van der Waals surface area contributed by atoms with E-state index >= 15 is 0 Å². The van der Waals surface area contributed by atoms with Crippen LogP contribution in [0, 0.1) is 0 Å². The molecule has 0 saturated heterocycles. The Labute approximate surface area is 113 Å². The zero-order valence-corrected chi connectivity index (χ0v) is 10.5. The molecule has 0 amide bonds. The number of aromatic hydroxyl groups is 1. The second-order valence-corrected chi connectivity index (χ2v) is 4.37. The van der Waals surface area contributed by atoms with Crippen molar-refractivity contribution >= 4 is 44.8 Å². The summed E-state index contributed by atoms with van der Waals surface area (Å²) < 4.78 is 5.26. The van der Waals surface area contributed by atoms with E-state index in [9.17, 15) is 5.11 Å². The maximum Gasteiger partial charge on any atom is 0.312 e. The molecule has 94 valence electrons. The highest BCUT2D eigenvalue weighted by Gasteiger charge is 2.15. The molecule has 0 atom stereocenters. The number of nitrogens with two attached hydrogens (primary N) is 1. The van der Waals surface area contributed by atoms with Crippen molar-refractivity contribution in [1.29, 1.82) is 0 Å². The van der Waals surface area contributed by atoms with Gasteiger partial charge in [0.2, 0.25) is 5.11 Å². The highest BCUT2D eigenvalue weighted by atomic mass is 32.1. The first-order chi connectivity index (χ1) is 9.16. The van der Waals surface area contributed by atoms with E-state index in [1.807, 2.05) is 30.3 Å². The van der Waals surface area contributed by atoms with Crippen LogP contribution in [0.3, 0.4) is 0 Å². The van der Waals surface area contributed by atoms with Gasteiger partial charge in [0.05, 0.1) is 5.39 Å². The summed E-state index contributed by atoms with van der Waals surface area (Å²) in [5.41, 5.74) is 6.05. The first kappa shape index (κ1) is 11.6. The maximum atomic E-state index is 9.80. The number of thiocarbonyl (C=S) groups is 1. The van der Waals surface area contributed by atoms with Crippen molar-refractivity contribution < 1.29 is 9.52 Å². The summed E-state index contributed by atoms with van der Waals surface area (Å²) in [4.78, 5) is 0. The summed E-state index contributed by atoms with van der Waals surface area (Å²) in [5.74, 6) is -0.300. The van der Waals surface area contributed by atoms with Crippen molar-refractivity contribution in [3.63, 3.8) is 0 Å². The molecule has 3 N–H and O–H groups in total. The molecule has 0 radical (unpaired) electrons. The molecule has 3 aromatic rings. The quantitative estimate of drug-likeness (QED) is 0.523. The van der Waals surface area contributed by atoms with E-state index in [0.717, 1.165) is 10.8 Å². The zero-order chi connectivity index (χ0) is 13.4. The molecule has 0 unspecified atom stereocenters. The van der Waals surface area contributed by atoms with E-state index in [1.165, 1.54) is 0 Å². The minimum Gasteiger partial charge on any atom is -0.479 e. The second kappa shape index (κ2) is 4.33. The minimum absolute atomic E-state index is 0.103. The highest BCUT2D eigenvalue weighted by Crippen LogP contribution is 2.42. The van der Waals surface area contributed by atoms with Gasteiger partial charge >= 0.3 is 5.95 Å². The molecule has 19 heavy (non-hydrogen) atoms. The maximum absolute atomic E-state index is 9.80. The molecule has 0 saturated carbocycles. The third-order valence-corrected chi connectivity index (χ3v) is 2.87. The number of hydrogen-bond acceptors (Lipinski definition) is 4. The van der Waals surface area contributed by atoms with Gasteiger partial charge in [-0.25, -0.2) is 0 Å². The third kappa shape index (κ3) is 1.92. The lowest BCUT2D eigenvalue weighted by Gasteiger charge is -1.98. The van der Waals surface area contributed by atoms with Crippen LogP contribution in [0.25, 0.3) is 21.7 Å². The van der Waals surface area contributed by atoms with Gasteiger partial charge in [0, 0.05) is 0 Å². The van der Waals surface area contributed by atoms with Gasteiger partial charge in [-0.05, 0) is 29.1 Å². The molecule has 0 aliphatic rings. The standard InChI is InChI=1S/C13H9N3O2S/c14-13(19)16-15-11-10-8-4-2-1-3-7(8)5-6-9(10)18-12(11)17/h1-6,17H,(H2,14,19). The average molecular weight is 271 g/mol. The SMILES string of the molecule is NC(=S)N=Nc1c(O)oc2ccc3ccccc3c12. The molecule has 2 aromatic carbocycles. The van der Waals surface area contributed by atoms with E-state index in [4.69, 9.17) is 10.2 Å². The van der Waals surface area contributed by atoms with Crippen LogP contribution in [0.15, 0.2) is 51.0 Å². The van der Waals surface area contributed by atoms with Crippen LogP contribution in [0.2, 0.25) is 0 Å². The summed E-state index contributed by atoms with van der Waals surface area (Å²) >= 11 is 4.64. The van der Waals surface area contributed by atoms with Gasteiger partial charge in [-0.2, -0.15) is 0 Å². The molecule has 0 fully saturated rings. The highest BCUT2D eigenvalue weighted by molar-refractivity contribution is 7.80. The Bertz CT molecular complexity index is 823. The molecule has 1 heterocycles. The predicted octanol–water partition coefficient (Wildman–Crippen LogP) is 3.62. The van der Waals surface area contributed by atoms with Crippen molar-refractivity contribution in [3.8, 4) is 5.95 Å². The van der Waals surface area contributed by atoms with Gasteiger partial charge in [-0.1, -0.05) is 30.3 Å². The van der Waals surface area contributed by atoms with Gasteiger partial charge in [-0.3, -0.25) is 0 Å². The molecule has 0 spiro atoms. The van der Waals surface area contributed by atoms with E-state index in [-0.39, 0.29) is 16.7 Å². The average Bonchev–Trinajstić information content (AvgIpc) is 2.72. The van der Waals surface area contributed by atoms with Crippen LogP contribution < -0.4 is 5.73 Å². The van der Waals surface area contributed by atoms with Crippen LogP contribution in [0.1, 0.15) is 0 Å². The first-order valence-electron chi connectivity index (χ1n) is 5.51. The number of benzene rings is 2. The lowest BCUT2D eigenvalue weighted by Crippen LogP contribution is -2.01. The van der Waals surface area contributed by atoms with Gasteiger partial charge in [0.15, 0.2) is 5.69 Å². The third-order valence-electron chi connectivity index (χ3n) is 2.79. The van der Waals surface area contributed by atoms with Crippen LogP contribution >= 0.6 is 12.2 Å². The fourth-order valence-electron chi connectivity index (χ4n) is 2.03.